The van der Waals surface area contributed by atoms with Crippen LogP contribution < -0.4 is 0 Å². The van der Waals surface area contributed by atoms with Crippen molar-refractivity contribution in [1.29, 1.82) is 0 Å². The number of benzene rings is 6. The lowest BCUT2D eigenvalue weighted by atomic mass is 10.0. The molecule has 10 rings (SSSR count). The van der Waals surface area contributed by atoms with Crippen LogP contribution in [0.1, 0.15) is 0 Å². The summed E-state index contributed by atoms with van der Waals surface area (Å²) < 4.78 is 8.14. The van der Waals surface area contributed by atoms with Crippen molar-refractivity contribution in [3.05, 3.63) is 133 Å². The predicted molar refractivity (Wildman–Crippen MR) is 199 cm³/mol. The molecule has 10 aromatic rings. The van der Waals surface area contributed by atoms with Crippen LogP contribution in [0.25, 0.3) is 92.5 Å². The highest BCUT2D eigenvalue weighted by atomic mass is 32.1. The summed E-state index contributed by atoms with van der Waals surface area (Å²) in [6.07, 6.45) is 0. The molecule has 0 spiro atoms. The highest BCUT2D eigenvalue weighted by Gasteiger charge is 2.14. The molecule has 0 N–H and O–H groups in total. The smallest absolute Gasteiger partial charge is 0.0369 e. The summed E-state index contributed by atoms with van der Waals surface area (Å²) >= 11 is 7.59. The second kappa shape index (κ2) is 9.59. The fourth-order valence-corrected chi connectivity index (χ4v) is 11.1. The molecule has 0 bridgehead atoms. The van der Waals surface area contributed by atoms with Gasteiger partial charge in [-0.05, 0) is 81.6 Å². The quantitative estimate of drug-likeness (QED) is 0.182. The molecule has 0 aliphatic rings. The van der Waals surface area contributed by atoms with Crippen molar-refractivity contribution in [3.63, 3.8) is 0 Å². The molecule has 0 radical (unpaired) electrons. The first-order chi connectivity index (χ1) is 21.7. The Kier molecular flexibility index (Phi) is 5.46. The van der Waals surface area contributed by atoms with Gasteiger partial charge in [0.15, 0.2) is 0 Å². The van der Waals surface area contributed by atoms with Gasteiger partial charge in [-0.3, -0.25) is 0 Å². The molecule has 0 saturated carbocycles. The molecule has 0 nitrogen and oxygen atoms in total. The predicted octanol–water partition coefficient (Wildman–Crippen LogP) is 13.9. The van der Waals surface area contributed by atoms with Crippen LogP contribution in [0.4, 0.5) is 0 Å². The van der Waals surface area contributed by atoms with E-state index in [2.05, 4.69) is 133 Å². The van der Waals surface area contributed by atoms with Crippen molar-refractivity contribution in [2.24, 2.45) is 0 Å². The molecule has 0 atom stereocenters. The van der Waals surface area contributed by atoms with Gasteiger partial charge in [0.05, 0.1) is 0 Å². The summed E-state index contributed by atoms with van der Waals surface area (Å²) in [4.78, 5) is 2.66. The Morgan fingerprint density at radius 3 is 1.16 bits per heavy atom. The molecule has 4 heterocycles. The maximum absolute atomic E-state index is 2.39. The lowest BCUT2D eigenvalue weighted by Crippen LogP contribution is -1.77. The van der Waals surface area contributed by atoms with Crippen molar-refractivity contribution in [2.75, 3.05) is 0 Å². The van der Waals surface area contributed by atoms with E-state index in [9.17, 15) is 0 Å². The summed E-state index contributed by atoms with van der Waals surface area (Å²) in [6, 6.07) is 49.7. The zero-order chi connectivity index (χ0) is 28.8. The number of hydrogen-bond donors (Lipinski definition) is 0. The largest absolute Gasteiger partial charge is 0.135 e. The van der Waals surface area contributed by atoms with Gasteiger partial charge in [-0.2, -0.15) is 0 Å². The first-order valence-electron chi connectivity index (χ1n) is 14.6. The molecule has 0 aliphatic heterocycles. The number of rotatable bonds is 3. The van der Waals surface area contributed by atoms with Crippen molar-refractivity contribution in [2.45, 2.75) is 0 Å². The number of hydrogen-bond acceptors (Lipinski definition) is 4. The number of thiophene rings is 4. The van der Waals surface area contributed by atoms with Crippen LogP contribution in [-0.2, 0) is 0 Å². The number of fused-ring (bicyclic) bond motifs is 8. The Morgan fingerprint density at radius 2 is 0.705 bits per heavy atom. The van der Waals surface area contributed by atoms with Crippen LogP contribution in [-0.4, -0.2) is 0 Å². The van der Waals surface area contributed by atoms with Crippen molar-refractivity contribution in [3.8, 4) is 32.0 Å². The van der Waals surface area contributed by atoms with Crippen LogP contribution in [0.2, 0.25) is 0 Å². The minimum atomic E-state index is 1.28. The van der Waals surface area contributed by atoms with Gasteiger partial charge in [0.25, 0.3) is 0 Å². The second-order valence-electron chi connectivity index (χ2n) is 11.4. The van der Waals surface area contributed by atoms with Crippen LogP contribution in [0.15, 0.2) is 133 Å². The molecule has 0 unspecified atom stereocenters. The first-order valence-corrected chi connectivity index (χ1v) is 17.9. The third kappa shape index (κ3) is 3.92. The van der Waals surface area contributed by atoms with E-state index in [1.165, 1.54) is 92.5 Å². The minimum Gasteiger partial charge on any atom is -0.135 e. The average Bonchev–Trinajstić information content (AvgIpc) is 3.84. The lowest BCUT2D eigenvalue weighted by Gasteiger charge is -2.03. The standard InChI is InChI=1S/C40H22S4/c1-3-7-23(8-4-1)33-19-27-15-31-29-13-11-25(17-37(29)43-39(31)21-35(27)41-33)26-12-14-30-32-16-28-20-34(24-9-5-2-6-10-24)42-36(28)22-40(32)44-38(30)18-26/h1-22H. The van der Waals surface area contributed by atoms with Gasteiger partial charge in [-0.25, -0.2) is 0 Å². The van der Waals surface area contributed by atoms with E-state index in [-0.39, 0.29) is 0 Å². The highest BCUT2D eigenvalue weighted by molar-refractivity contribution is 7.27. The Hall–Kier alpha value is -4.32. The van der Waals surface area contributed by atoms with E-state index in [4.69, 9.17) is 0 Å². The maximum Gasteiger partial charge on any atom is 0.0369 e. The van der Waals surface area contributed by atoms with Crippen LogP contribution in [0.3, 0.4) is 0 Å². The van der Waals surface area contributed by atoms with E-state index >= 15 is 0 Å². The fourth-order valence-electron chi connectivity index (χ4n) is 6.47. The molecule has 4 aromatic heterocycles. The average molecular weight is 631 g/mol. The zero-order valence-corrected chi connectivity index (χ0v) is 26.6. The summed E-state index contributed by atoms with van der Waals surface area (Å²) in [5, 5.41) is 8.07. The summed E-state index contributed by atoms with van der Waals surface area (Å²) in [5.41, 5.74) is 5.15. The van der Waals surface area contributed by atoms with Gasteiger partial charge < -0.3 is 0 Å². The Labute approximate surface area is 269 Å². The Balaban J connectivity index is 1.04. The van der Waals surface area contributed by atoms with Gasteiger partial charge in [-0.1, -0.05) is 84.9 Å². The fraction of sp³-hybridized carbons (Fsp3) is 0. The van der Waals surface area contributed by atoms with Gasteiger partial charge >= 0.3 is 0 Å². The van der Waals surface area contributed by atoms with E-state index in [1.807, 2.05) is 45.3 Å². The molecule has 0 aliphatic carbocycles. The highest BCUT2D eigenvalue weighted by Crippen LogP contribution is 2.44. The molecule has 0 amide bonds. The first kappa shape index (κ1) is 25.1. The monoisotopic (exact) mass is 630 g/mol. The molecular weight excluding hydrogens is 609 g/mol. The van der Waals surface area contributed by atoms with Crippen molar-refractivity contribution in [1.82, 2.24) is 0 Å². The summed E-state index contributed by atoms with van der Waals surface area (Å²) in [7, 11) is 0. The third-order valence-corrected chi connectivity index (χ3v) is 13.2. The minimum absolute atomic E-state index is 1.28. The molecular formula is C40H22S4. The SMILES string of the molecule is c1ccc(-c2cc3cc4c(cc3s2)sc2cc(-c3ccc5c(c3)sc3cc6sc(-c7ccccc7)cc6cc35)ccc24)cc1. The Bertz CT molecular complexity index is 2510. The molecule has 0 fully saturated rings. The van der Waals surface area contributed by atoms with Crippen LogP contribution in [0, 0.1) is 0 Å². The van der Waals surface area contributed by atoms with E-state index in [0.717, 1.165) is 0 Å². The summed E-state index contributed by atoms with van der Waals surface area (Å²) in [6.45, 7) is 0. The normalized spacial score (nSPS) is 12.1. The molecule has 0 saturated heterocycles. The van der Waals surface area contributed by atoms with Gasteiger partial charge in [-0.15, -0.1) is 45.3 Å². The lowest BCUT2D eigenvalue weighted by molar-refractivity contribution is 1.70. The Morgan fingerprint density at radius 1 is 0.273 bits per heavy atom. The van der Waals surface area contributed by atoms with Crippen molar-refractivity contribution >= 4 is 106 Å². The van der Waals surface area contributed by atoms with Gasteiger partial charge in [0.2, 0.25) is 0 Å². The molecule has 4 heteroatoms. The van der Waals surface area contributed by atoms with E-state index < -0.39 is 0 Å². The van der Waals surface area contributed by atoms with Crippen LogP contribution in [0.5, 0.6) is 0 Å². The maximum atomic E-state index is 2.39. The topological polar surface area (TPSA) is 0 Å². The third-order valence-electron chi connectivity index (χ3n) is 8.67. The summed E-state index contributed by atoms with van der Waals surface area (Å²) in [5.74, 6) is 0. The van der Waals surface area contributed by atoms with E-state index in [0.29, 0.717) is 0 Å². The second-order valence-corrected chi connectivity index (χ2v) is 15.7. The zero-order valence-electron chi connectivity index (χ0n) is 23.3. The van der Waals surface area contributed by atoms with Gasteiger partial charge in [0.1, 0.15) is 0 Å². The van der Waals surface area contributed by atoms with E-state index in [1.54, 1.807) is 0 Å². The van der Waals surface area contributed by atoms with Gasteiger partial charge in [0, 0.05) is 59.5 Å². The van der Waals surface area contributed by atoms with Crippen molar-refractivity contribution < 1.29 is 0 Å². The van der Waals surface area contributed by atoms with Crippen LogP contribution >= 0.6 is 45.3 Å². The molecule has 44 heavy (non-hydrogen) atoms. The molecule has 206 valence electrons. The molecule has 6 aromatic carbocycles.